The number of halogens is 1. The Morgan fingerprint density at radius 3 is 2.58 bits per heavy atom. The Balaban J connectivity index is 1.84. The van der Waals surface area contributed by atoms with Gasteiger partial charge in [0.15, 0.2) is 0 Å². The minimum atomic E-state index is 0.787. The smallest absolute Gasteiger partial charge is 0.0751 e. The highest BCUT2D eigenvalue weighted by molar-refractivity contribution is 14.1. The van der Waals surface area contributed by atoms with Gasteiger partial charge in [-0.2, -0.15) is 0 Å². The molecule has 1 heterocycles. The third-order valence-electron chi connectivity index (χ3n) is 3.04. The van der Waals surface area contributed by atoms with E-state index in [0.29, 0.717) is 0 Å². The summed E-state index contributed by atoms with van der Waals surface area (Å²) >= 11 is 2.31. The summed E-state index contributed by atoms with van der Waals surface area (Å²) in [5.41, 5.74) is 3.42. The van der Waals surface area contributed by atoms with Crippen molar-refractivity contribution in [2.75, 3.05) is 5.32 Å². The maximum Gasteiger partial charge on any atom is 0.0751 e. The molecule has 0 saturated carbocycles. The van der Waals surface area contributed by atoms with Crippen LogP contribution in [0, 0.1) is 3.57 Å². The average molecular weight is 360 g/mol. The van der Waals surface area contributed by atoms with Crippen molar-refractivity contribution in [3.05, 3.63) is 69.9 Å². The number of benzene rings is 2. The molecule has 94 valence electrons. The van der Waals surface area contributed by atoms with Crippen LogP contribution in [0.25, 0.3) is 10.9 Å². The predicted molar refractivity (Wildman–Crippen MR) is 88.2 cm³/mol. The SMILES string of the molecule is Ic1ccc(NCc2cccc3cccnc23)cc1. The normalized spacial score (nSPS) is 10.6. The van der Waals surface area contributed by atoms with E-state index < -0.39 is 0 Å². The molecule has 3 heteroatoms. The van der Waals surface area contributed by atoms with Gasteiger partial charge < -0.3 is 5.32 Å². The van der Waals surface area contributed by atoms with Crippen LogP contribution in [0.5, 0.6) is 0 Å². The Morgan fingerprint density at radius 1 is 0.947 bits per heavy atom. The lowest BCUT2D eigenvalue weighted by molar-refractivity contribution is 1.15. The number of para-hydroxylation sites is 1. The molecule has 0 unspecified atom stereocenters. The van der Waals surface area contributed by atoms with E-state index >= 15 is 0 Å². The molecule has 0 radical (unpaired) electrons. The van der Waals surface area contributed by atoms with Gasteiger partial charge in [-0.3, -0.25) is 4.98 Å². The summed E-state index contributed by atoms with van der Waals surface area (Å²) in [6, 6.07) is 18.8. The lowest BCUT2D eigenvalue weighted by Crippen LogP contribution is -2.00. The van der Waals surface area contributed by atoms with Crippen molar-refractivity contribution in [3.63, 3.8) is 0 Å². The molecule has 0 amide bonds. The van der Waals surface area contributed by atoms with E-state index in [1.54, 1.807) is 0 Å². The van der Waals surface area contributed by atoms with Gasteiger partial charge in [-0.1, -0.05) is 24.3 Å². The molecule has 0 atom stereocenters. The van der Waals surface area contributed by atoms with Crippen molar-refractivity contribution in [2.24, 2.45) is 0 Å². The summed E-state index contributed by atoms with van der Waals surface area (Å²) in [6.07, 6.45) is 1.84. The number of nitrogens with one attached hydrogen (secondary N) is 1. The first-order chi connectivity index (χ1) is 9.33. The van der Waals surface area contributed by atoms with E-state index in [4.69, 9.17) is 0 Å². The van der Waals surface area contributed by atoms with Gasteiger partial charge in [0.25, 0.3) is 0 Å². The van der Waals surface area contributed by atoms with E-state index in [1.165, 1.54) is 14.5 Å². The third kappa shape index (κ3) is 2.87. The lowest BCUT2D eigenvalue weighted by atomic mass is 10.1. The molecular weight excluding hydrogens is 347 g/mol. The van der Waals surface area contributed by atoms with Crippen LogP contribution in [0.15, 0.2) is 60.8 Å². The molecule has 1 aromatic heterocycles. The molecular formula is C16H13IN2. The predicted octanol–water partition coefficient (Wildman–Crippen LogP) is 4.45. The zero-order chi connectivity index (χ0) is 13.1. The quantitative estimate of drug-likeness (QED) is 0.698. The van der Waals surface area contributed by atoms with Gasteiger partial charge in [-0.15, -0.1) is 0 Å². The second-order valence-electron chi connectivity index (χ2n) is 4.35. The highest BCUT2D eigenvalue weighted by Gasteiger charge is 2.01. The molecule has 2 aromatic carbocycles. The summed E-state index contributed by atoms with van der Waals surface area (Å²) < 4.78 is 1.25. The summed E-state index contributed by atoms with van der Waals surface area (Å²) in [4.78, 5) is 4.47. The van der Waals surface area contributed by atoms with Gasteiger partial charge in [-0.05, 0) is 58.5 Å². The molecule has 0 aliphatic rings. The topological polar surface area (TPSA) is 24.9 Å². The molecule has 1 N–H and O–H groups in total. The van der Waals surface area contributed by atoms with Gasteiger partial charge in [0.05, 0.1) is 5.52 Å². The minimum Gasteiger partial charge on any atom is -0.381 e. The van der Waals surface area contributed by atoms with Crippen LogP contribution in [0.4, 0.5) is 5.69 Å². The molecule has 3 aromatic rings. The van der Waals surface area contributed by atoms with Crippen molar-refractivity contribution in [1.29, 1.82) is 0 Å². The number of fused-ring (bicyclic) bond motifs is 1. The number of hydrogen-bond donors (Lipinski definition) is 1. The van der Waals surface area contributed by atoms with Crippen LogP contribution in [-0.2, 0) is 6.54 Å². The fourth-order valence-corrected chi connectivity index (χ4v) is 2.43. The standard InChI is InChI=1S/C16H13IN2/c17-14-6-8-15(9-7-14)19-11-13-4-1-3-12-5-2-10-18-16(12)13/h1-10,19H,11H2. The first kappa shape index (κ1) is 12.4. The number of nitrogens with zero attached hydrogens (tertiary/aromatic N) is 1. The number of hydrogen-bond acceptors (Lipinski definition) is 2. The minimum absolute atomic E-state index is 0.787. The Kier molecular flexibility index (Phi) is 3.64. The maximum atomic E-state index is 4.47. The molecule has 0 spiro atoms. The van der Waals surface area contributed by atoms with Crippen LogP contribution in [0.2, 0.25) is 0 Å². The molecule has 19 heavy (non-hydrogen) atoms. The maximum absolute atomic E-state index is 4.47. The van der Waals surface area contributed by atoms with Gasteiger partial charge in [-0.25, -0.2) is 0 Å². The van der Waals surface area contributed by atoms with Crippen LogP contribution < -0.4 is 5.32 Å². The zero-order valence-corrected chi connectivity index (χ0v) is 12.5. The molecule has 0 aliphatic carbocycles. The van der Waals surface area contributed by atoms with Crippen molar-refractivity contribution >= 4 is 39.2 Å². The Hall–Kier alpha value is -1.62. The fraction of sp³-hybridized carbons (Fsp3) is 0.0625. The van der Waals surface area contributed by atoms with Gasteiger partial charge in [0.1, 0.15) is 0 Å². The third-order valence-corrected chi connectivity index (χ3v) is 3.76. The molecule has 0 saturated heterocycles. The fourth-order valence-electron chi connectivity index (χ4n) is 2.08. The highest BCUT2D eigenvalue weighted by Crippen LogP contribution is 2.18. The lowest BCUT2D eigenvalue weighted by Gasteiger charge is -2.08. The van der Waals surface area contributed by atoms with Crippen molar-refractivity contribution in [1.82, 2.24) is 4.98 Å². The average Bonchev–Trinajstić information content (AvgIpc) is 2.47. The van der Waals surface area contributed by atoms with Crippen molar-refractivity contribution in [2.45, 2.75) is 6.54 Å². The zero-order valence-electron chi connectivity index (χ0n) is 10.3. The molecule has 0 aliphatic heterocycles. The first-order valence-corrected chi connectivity index (χ1v) is 7.23. The van der Waals surface area contributed by atoms with E-state index in [0.717, 1.165) is 17.7 Å². The molecule has 0 bridgehead atoms. The Labute approximate surface area is 126 Å². The first-order valence-electron chi connectivity index (χ1n) is 6.15. The summed E-state index contributed by atoms with van der Waals surface area (Å²) in [6.45, 7) is 0.787. The van der Waals surface area contributed by atoms with Crippen molar-refractivity contribution < 1.29 is 0 Å². The summed E-state index contributed by atoms with van der Waals surface area (Å²) in [5, 5.41) is 4.62. The van der Waals surface area contributed by atoms with E-state index in [2.05, 4.69) is 81.4 Å². The number of aromatic nitrogens is 1. The molecule has 2 nitrogen and oxygen atoms in total. The second-order valence-corrected chi connectivity index (χ2v) is 5.60. The van der Waals surface area contributed by atoms with E-state index in [9.17, 15) is 0 Å². The molecule has 0 fully saturated rings. The van der Waals surface area contributed by atoms with Crippen LogP contribution in [-0.4, -0.2) is 4.98 Å². The highest BCUT2D eigenvalue weighted by atomic mass is 127. The van der Waals surface area contributed by atoms with Crippen LogP contribution in [0.1, 0.15) is 5.56 Å². The number of anilines is 1. The van der Waals surface area contributed by atoms with Gasteiger partial charge in [0, 0.05) is 27.4 Å². The van der Waals surface area contributed by atoms with Crippen LogP contribution >= 0.6 is 22.6 Å². The van der Waals surface area contributed by atoms with Gasteiger partial charge >= 0.3 is 0 Å². The number of rotatable bonds is 3. The largest absolute Gasteiger partial charge is 0.381 e. The van der Waals surface area contributed by atoms with Crippen LogP contribution in [0.3, 0.4) is 0 Å². The summed E-state index contributed by atoms with van der Waals surface area (Å²) in [5.74, 6) is 0. The monoisotopic (exact) mass is 360 g/mol. The van der Waals surface area contributed by atoms with Crippen molar-refractivity contribution in [3.8, 4) is 0 Å². The summed E-state index contributed by atoms with van der Waals surface area (Å²) in [7, 11) is 0. The van der Waals surface area contributed by atoms with E-state index in [1.807, 2.05) is 12.3 Å². The van der Waals surface area contributed by atoms with E-state index in [-0.39, 0.29) is 0 Å². The Morgan fingerprint density at radius 2 is 1.74 bits per heavy atom. The van der Waals surface area contributed by atoms with Gasteiger partial charge in [0.2, 0.25) is 0 Å². The second kappa shape index (κ2) is 5.57. The Bertz CT molecular complexity index is 687. The number of pyridine rings is 1. The molecule has 3 rings (SSSR count).